The summed E-state index contributed by atoms with van der Waals surface area (Å²) < 4.78 is 10.9. The molecule has 0 bridgehead atoms. The average molecular weight is 314 g/mol. The van der Waals surface area contributed by atoms with E-state index in [1.807, 2.05) is 6.07 Å². The molecule has 2 aromatic rings. The van der Waals surface area contributed by atoms with E-state index in [0.29, 0.717) is 25.6 Å². The number of hydrogen-bond acceptors (Lipinski definition) is 4. The number of amides is 1. The van der Waals surface area contributed by atoms with Crippen LogP contribution in [0, 0.1) is 13.8 Å². The molecule has 0 saturated heterocycles. The Morgan fingerprint density at radius 1 is 1.35 bits per heavy atom. The summed E-state index contributed by atoms with van der Waals surface area (Å²) in [7, 11) is 1.64. The second-order valence-corrected chi connectivity index (χ2v) is 6.11. The van der Waals surface area contributed by atoms with Gasteiger partial charge in [-0.1, -0.05) is 6.07 Å². The molecule has 0 N–H and O–H groups in total. The van der Waals surface area contributed by atoms with Gasteiger partial charge in [-0.05, 0) is 44.0 Å². The molecule has 1 aromatic carbocycles. The van der Waals surface area contributed by atoms with Gasteiger partial charge in [0.2, 0.25) is 5.88 Å². The standard InChI is InChI=1S/C18H22N2O3/c1-11-7-12(2)15-9-14-10-20(5-6-22-4)18(21)13(3)23-17(14)19-16(15)8-11/h7-9,13H,5-6,10H2,1-4H3/t13-/m0/s1. The lowest BCUT2D eigenvalue weighted by atomic mass is 10.0. The number of rotatable bonds is 3. The lowest BCUT2D eigenvalue weighted by Gasteiger charge is -2.21. The Morgan fingerprint density at radius 2 is 2.13 bits per heavy atom. The zero-order chi connectivity index (χ0) is 16.6. The van der Waals surface area contributed by atoms with Crippen molar-refractivity contribution in [1.82, 2.24) is 9.88 Å². The summed E-state index contributed by atoms with van der Waals surface area (Å²) in [5.74, 6) is 0.528. The Kier molecular flexibility index (Phi) is 4.22. The van der Waals surface area contributed by atoms with E-state index < -0.39 is 6.10 Å². The van der Waals surface area contributed by atoms with Crippen LogP contribution in [0.4, 0.5) is 0 Å². The summed E-state index contributed by atoms with van der Waals surface area (Å²) in [6, 6.07) is 6.29. The number of ether oxygens (including phenoxy) is 2. The molecule has 0 spiro atoms. The van der Waals surface area contributed by atoms with E-state index in [2.05, 4.69) is 31.0 Å². The first-order valence-electron chi connectivity index (χ1n) is 7.85. The Morgan fingerprint density at radius 3 is 2.87 bits per heavy atom. The number of pyridine rings is 1. The minimum atomic E-state index is -0.538. The van der Waals surface area contributed by atoms with Gasteiger partial charge in [0.25, 0.3) is 5.91 Å². The number of aromatic nitrogens is 1. The highest BCUT2D eigenvalue weighted by molar-refractivity contribution is 5.86. The van der Waals surface area contributed by atoms with Crippen LogP contribution in [0.5, 0.6) is 5.88 Å². The summed E-state index contributed by atoms with van der Waals surface area (Å²) in [6.07, 6.45) is -0.538. The van der Waals surface area contributed by atoms with Crippen molar-refractivity contribution in [3.8, 4) is 5.88 Å². The molecule has 0 aliphatic carbocycles. The van der Waals surface area contributed by atoms with E-state index in [1.165, 1.54) is 11.1 Å². The smallest absolute Gasteiger partial charge is 0.263 e. The number of methoxy groups -OCH3 is 1. The fraction of sp³-hybridized carbons (Fsp3) is 0.444. The number of hydrogen-bond donors (Lipinski definition) is 0. The van der Waals surface area contributed by atoms with Crippen LogP contribution in [0.1, 0.15) is 23.6 Å². The van der Waals surface area contributed by atoms with Gasteiger partial charge in [-0.15, -0.1) is 0 Å². The SMILES string of the molecule is COCCN1Cc2cc3c(C)cc(C)cc3nc2O[C@@H](C)C1=O. The molecule has 3 rings (SSSR count). The molecule has 23 heavy (non-hydrogen) atoms. The maximum atomic E-state index is 12.5. The van der Waals surface area contributed by atoms with Crippen molar-refractivity contribution < 1.29 is 14.3 Å². The van der Waals surface area contributed by atoms with E-state index in [-0.39, 0.29) is 5.91 Å². The van der Waals surface area contributed by atoms with E-state index in [4.69, 9.17) is 9.47 Å². The molecular formula is C18H22N2O3. The third-order valence-electron chi connectivity index (χ3n) is 4.20. The predicted octanol–water partition coefficient (Wildman–Crippen LogP) is 2.61. The molecule has 1 aliphatic heterocycles. The third kappa shape index (κ3) is 3.01. The number of aryl methyl sites for hydroxylation is 2. The largest absolute Gasteiger partial charge is 0.464 e. The van der Waals surface area contributed by atoms with Gasteiger partial charge in [0, 0.05) is 24.6 Å². The molecule has 5 heteroatoms. The summed E-state index contributed by atoms with van der Waals surface area (Å²) in [5, 5.41) is 1.10. The van der Waals surface area contributed by atoms with Crippen molar-refractivity contribution in [2.24, 2.45) is 0 Å². The number of benzene rings is 1. The first-order valence-corrected chi connectivity index (χ1v) is 7.85. The van der Waals surface area contributed by atoms with Crippen LogP contribution in [0.25, 0.3) is 10.9 Å². The first-order chi connectivity index (χ1) is 11.0. The van der Waals surface area contributed by atoms with Crippen LogP contribution in [-0.4, -0.2) is 42.2 Å². The van der Waals surface area contributed by atoms with Gasteiger partial charge < -0.3 is 14.4 Å². The molecule has 1 amide bonds. The van der Waals surface area contributed by atoms with E-state index in [0.717, 1.165) is 16.5 Å². The van der Waals surface area contributed by atoms with E-state index in [9.17, 15) is 4.79 Å². The highest BCUT2D eigenvalue weighted by atomic mass is 16.5. The van der Waals surface area contributed by atoms with Crippen molar-refractivity contribution in [2.45, 2.75) is 33.4 Å². The summed E-state index contributed by atoms with van der Waals surface area (Å²) in [5.41, 5.74) is 4.20. The zero-order valence-electron chi connectivity index (χ0n) is 14.0. The van der Waals surface area contributed by atoms with Crippen LogP contribution in [0.15, 0.2) is 18.2 Å². The minimum absolute atomic E-state index is 0.0305. The minimum Gasteiger partial charge on any atom is -0.464 e. The van der Waals surface area contributed by atoms with Crippen LogP contribution >= 0.6 is 0 Å². The van der Waals surface area contributed by atoms with Gasteiger partial charge >= 0.3 is 0 Å². The van der Waals surface area contributed by atoms with Crippen LogP contribution in [-0.2, 0) is 16.1 Å². The highest BCUT2D eigenvalue weighted by Crippen LogP contribution is 2.29. The maximum absolute atomic E-state index is 12.5. The monoisotopic (exact) mass is 314 g/mol. The van der Waals surface area contributed by atoms with Gasteiger partial charge in [0.1, 0.15) is 0 Å². The normalized spacial score (nSPS) is 17.8. The molecule has 0 fully saturated rings. The fourth-order valence-corrected chi connectivity index (χ4v) is 3.02. The van der Waals surface area contributed by atoms with Crippen molar-refractivity contribution in [3.63, 3.8) is 0 Å². The fourth-order valence-electron chi connectivity index (χ4n) is 3.02. The Bertz CT molecular complexity index is 758. The average Bonchev–Trinajstić information content (AvgIpc) is 2.61. The Labute approximate surface area is 136 Å². The Balaban J connectivity index is 2.07. The van der Waals surface area contributed by atoms with Crippen LogP contribution in [0.2, 0.25) is 0 Å². The third-order valence-corrected chi connectivity index (χ3v) is 4.20. The molecule has 1 atom stereocenters. The molecule has 0 saturated carbocycles. The van der Waals surface area contributed by atoms with Gasteiger partial charge in [-0.3, -0.25) is 4.79 Å². The number of fused-ring (bicyclic) bond motifs is 2. The van der Waals surface area contributed by atoms with Crippen molar-refractivity contribution >= 4 is 16.8 Å². The van der Waals surface area contributed by atoms with Crippen molar-refractivity contribution in [1.29, 1.82) is 0 Å². The molecule has 122 valence electrons. The lowest BCUT2D eigenvalue weighted by molar-refractivity contribution is -0.138. The van der Waals surface area contributed by atoms with E-state index >= 15 is 0 Å². The lowest BCUT2D eigenvalue weighted by Crippen LogP contribution is -2.39. The molecule has 1 aliphatic rings. The second kappa shape index (κ2) is 6.16. The molecule has 5 nitrogen and oxygen atoms in total. The molecule has 1 aromatic heterocycles. The molecular weight excluding hydrogens is 292 g/mol. The van der Waals surface area contributed by atoms with Crippen molar-refractivity contribution in [2.75, 3.05) is 20.3 Å². The Hall–Kier alpha value is -2.14. The summed E-state index contributed by atoms with van der Waals surface area (Å²) >= 11 is 0. The quantitative estimate of drug-likeness (QED) is 0.874. The molecule has 2 heterocycles. The zero-order valence-corrected chi connectivity index (χ0v) is 14.0. The summed E-state index contributed by atoms with van der Waals surface area (Å²) in [4.78, 5) is 18.9. The van der Waals surface area contributed by atoms with Crippen molar-refractivity contribution in [3.05, 3.63) is 34.9 Å². The van der Waals surface area contributed by atoms with Gasteiger partial charge in [-0.25, -0.2) is 4.98 Å². The van der Waals surface area contributed by atoms with Gasteiger partial charge in [-0.2, -0.15) is 0 Å². The number of carbonyl (C=O) groups excluding carboxylic acids is 1. The number of nitrogens with zero attached hydrogens (tertiary/aromatic N) is 2. The van der Waals surface area contributed by atoms with Crippen LogP contribution in [0.3, 0.4) is 0 Å². The molecule has 0 radical (unpaired) electrons. The number of carbonyl (C=O) groups is 1. The van der Waals surface area contributed by atoms with E-state index in [1.54, 1.807) is 18.9 Å². The van der Waals surface area contributed by atoms with Gasteiger partial charge in [0.05, 0.1) is 18.7 Å². The topological polar surface area (TPSA) is 51.7 Å². The second-order valence-electron chi connectivity index (χ2n) is 6.11. The first kappa shape index (κ1) is 15.7. The summed E-state index contributed by atoms with van der Waals surface area (Å²) in [6.45, 7) is 7.46. The highest BCUT2D eigenvalue weighted by Gasteiger charge is 2.28. The molecule has 0 unspecified atom stereocenters. The maximum Gasteiger partial charge on any atom is 0.263 e. The van der Waals surface area contributed by atoms with Gasteiger partial charge in [0.15, 0.2) is 6.10 Å². The van der Waals surface area contributed by atoms with Crippen LogP contribution < -0.4 is 4.74 Å². The predicted molar refractivity (Wildman–Crippen MR) is 88.6 cm³/mol.